The van der Waals surface area contributed by atoms with E-state index in [0.717, 1.165) is 0 Å². The van der Waals surface area contributed by atoms with Gasteiger partial charge < -0.3 is 59.4 Å². The van der Waals surface area contributed by atoms with Crippen molar-refractivity contribution in [2.45, 2.75) is 0 Å². The van der Waals surface area contributed by atoms with Gasteiger partial charge in [0.15, 0.2) is 0 Å². The molecule has 0 aliphatic heterocycles. The summed E-state index contributed by atoms with van der Waals surface area (Å²) in [6.07, 6.45) is 0. The Morgan fingerprint density at radius 2 is 1.00 bits per heavy atom. The van der Waals surface area contributed by atoms with Crippen molar-refractivity contribution >= 4 is 0 Å². The number of hydrogen-bond acceptors (Lipinski definition) is 2. The van der Waals surface area contributed by atoms with Crippen molar-refractivity contribution < 1.29 is 69.0 Å². The van der Waals surface area contributed by atoms with Gasteiger partial charge in [-0.3, -0.25) is 0 Å². The van der Waals surface area contributed by atoms with Crippen molar-refractivity contribution in [2.75, 3.05) is 13.1 Å². The first kappa shape index (κ1) is 23.0. The van der Waals surface area contributed by atoms with Gasteiger partial charge >= 0.3 is 21.1 Å². The summed E-state index contributed by atoms with van der Waals surface area (Å²) in [6, 6.07) is 0. The summed E-state index contributed by atoms with van der Waals surface area (Å²) >= 11 is 0. The van der Waals surface area contributed by atoms with Crippen LogP contribution in [-0.4, -0.2) is 13.1 Å². The van der Waals surface area contributed by atoms with Crippen LogP contribution in [0.1, 0.15) is 0 Å². The number of hydrogen-bond donors (Lipinski definition) is 2. The Kier molecular flexibility index (Phi) is 80.0. The molecule has 0 spiro atoms. The van der Waals surface area contributed by atoms with Gasteiger partial charge in [0.05, 0.1) is 0 Å². The topological polar surface area (TPSA) is 52.0 Å². The maximum absolute atomic E-state index is 4.90. The van der Waals surface area contributed by atoms with E-state index in [1.165, 1.54) is 0 Å². The Labute approximate surface area is 92.5 Å². The second-order valence-corrected chi connectivity index (χ2v) is 0.577. The van der Waals surface area contributed by atoms with Crippen molar-refractivity contribution in [2.24, 2.45) is 11.5 Å². The first-order valence-electron chi connectivity index (χ1n) is 1.32. The molecule has 0 unspecified atom stereocenters. The van der Waals surface area contributed by atoms with Gasteiger partial charge in [-0.1, -0.05) is 0 Å². The predicted octanol–water partition coefficient (Wildman–Crippen LogP) is -7.09. The molecule has 0 aromatic heterocycles. The van der Waals surface area contributed by atoms with Crippen molar-refractivity contribution in [3.05, 3.63) is 0 Å². The summed E-state index contributed by atoms with van der Waals surface area (Å²) in [5.41, 5.74) is 9.81. The standard InChI is InChI=1S/C2H8N2.2HI.Pt/c3-1-2-4;;;/h1-4H2;2*1H;/q;;;+2/p-2. The minimum absolute atomic E-state index is 0. The second-order valence-electron chi connectivity index (χ2n) is 0.577. The fraction of sp³-hybridized carbons (Fsp3) is 1.00. The van der Waals surface area contributed by atoms with Crippen molar-refractivity contribution in [3.8, 4) is 0 Å². The van der Waals surface area contributed by atoms with Crippen molar-refractivity contribution in [1.82, 2.24) is 0 Å². The molecule has 0 amide bonds. The van der Waals surface area contributed by atoms with Crippen LogP contribution in [0.15, 0.2) is 0 Å². The molecule has 0 aliphatic rings. The van der Waals surface area contributed by atoms with Crippen LogP contribution in [0.5, 0.6) is 0 Å². The quantitative estimate of drug-likeness (QED) is 0.346. The smallest absolute Gasteiger partial charge is 1.00 e. The molecule has 0 saturated carbocycles. The molecular weight excluding hydrogens is 501 g/mol. The molecule has 0 saturated heterocycles. The molecule has 0 aromatic rings. The van der Waals surface area contributed by atoms with Gasteiger partial charge in [0.25, 0.3) is 0 Å². The molecule has 5 heteroatoms. The van der Waals surface area contributed by atoms with E-state index in [1.807, 2.05) is 0 Å². The van der Waals surface area contributed by atoms with E-state index in [9.17, 15) is 0 Å². The van der Waals surface area contributed by atoms with Crippen LogP contribution < -0.4 is 59.4 Å². The van der Waals surface area contributed by atoms with E-state index in [1.54, 1.807) is 0 Å². The number of nitrogens with two attached hydrogens (primary N) is 2. The van der Waals surface area contributed by atoms with Crippen LogP contribution in [0.2, 0.25) is 0 Å². The van der Waals surface area contributed by atoms with E-state index >= 15 is 0 Å². The monoisotopic (exact) mass is 509 g/mol. The van der Waals surface area contributed by atoms with Crippen LogP contribution in [0.4, 0.5) is 0 Å². The zero-order chi connectivity index (χ0) is 3.41. The minimum atomic E-state index is 0. The first-order valence-corrected chi connectivity index (χ1v) is 1.32. The maximum Gasteiger partial charge on any atom is 2.00 e. The van der Waals surface area contributed by atoms with Gasteiger partial charge in [-0.2, -0.15) is 0 Å². The van der Waals surface area contributed by atoms with E-state index in [0.29, 0.717) is 13.1 Å². The van der Waals surface area contributed by atoms with E-state index in [-0.39, 0.29) is 69.0 Å². The molecular formula is C2H8I2N2Pt. The Bertz CT molecular complexity index is 15.7. The van der Waals surface area contributed by atoms with Gasteiger partial charge in [-0.25, -0.2) is 0 Å². The van der Waals surface area contributed by atoms with Crippen molar-refractivity contribution in [1.29, 1.82) is 0 Å². The molecule has 0 atom stereocenters. The second kappa shape index (κ2) is 24.4. The Morgan fingerprint density at radius 1 is 0.857 bits per heavy atom. The van der Waals surface area contributed by atoms with Crippen LogP contribution in [0.3, 0.4) is 0 Å². The van der Waals surface area contributed by atoms with Crippen molar-refractivity contribution in [3.63, 3.8) is 0 Å². The Morgan fingerprint density at radius 3 is 1.00 bits per heavy atom. The molecule has 4 N–H and O–H groups in total. The molecule has 0 aromatic carbocycles. The molecule has 0 rings (SSSR count). The minimum Gasteiger partial charge on any atom is -1.00 e. The largest absolute Gasteiger partial charge is 2.00 e. The molecule has 0 heterocycles. The Hall–Kier alpha value is 2.07. The summed E-state index contributed by atoms with van der Waals surface area (Å²) in [4.78, 5) is 0. The molecule has 0 radical (unpaired) electrons. The number of rotatable bonds is 1. The zero-order valence-electron chi connectivity index (χ0n) is 3.64. The predicted molar refractivity (Wildman–Crippen MR) is 18.1 cm³/mol. The van der Waals surface area contributed by atoms with Crippen LogP contribution in [-0.2, 0) is 21.1 Å². The molecule has 50 valence electrons. The Balaban J connectivity index is -0.0000000150. The summed E-state index contributed by atoms with van der Waals surface area (Å²) in [6.45, 7) is 1.19. The summed E-state index contributed by atoms with van der Waals surface area (Å²) in [7, 11) is 0. The third kappa shape index (κ3) is 31.6. The third-order valence-corrected chi connectivity index (χ3v) is 0.167. The maximum atomic E-state index is 4.90. The molecule has 0 aliphatic carbocycles. The summed E-state index contributed by atoms with van der Waals surface area (Å²) in [5.74, 6) is 0. The summed E-state index contributed by atoms with van der Waals surface area (Å²) in [5, 5.41) is 0. The molecule has 0 bridgehead atoms. The van der Waals surface area contributed by atoms with Crippen LogP contribution in [0.25, 0.3) is 0 Å². The van der Waals surface area contributed by atoms with Gasteiger partial charge in [-0.05, 0) is 0 Å². The number of halogens is 2. The third-order valence-electron chi connectivity index (χ3n) is 0.167. The average molecular weight is 509 g/mol. The SMILES string of the molecule is NCCN.[I-].[I-].[Pt+2]. The molecule has 2 nitrogen and oxygen atoms in total. The zero-order valence-corrected chi connectivity index (χ0v) is 10.2. The van der Waals surface area contributed by atoms with Gasteiger partial charge in [0.2, 0.25) is 0 Å². The molecule has 0 fully saturated rings. The van der Waals surface area contributed by atoms with Crippen LogP contribution in [0, 0.1) is 0 Å². The average Bonchev–Trinajstić information content (AvgIpc) is 1.37. The van der Waals surface area contributed by atoms with Gasteiger partial charge in [0.1, 0.15) is 0 Å². The van der Waals surface area contributed by atoms with E-state index < -0.39 is 0 Å². The van der Waals surface area contributed by atoms with Crippen LogP contribution >= 0.6 is 0 Å². The fourth-order valence-corrected chi connectivity index (χ4v) is 0. The first-order chi connectivity index (χ1) is 1.91. The fourth-order valence-electron chi connectivity index (χ4n) is 0. The van der Waals surface area contributed by atoms with Gasteiger partial charge in [-0.15, -0.1) is 0 Å². The summed E-state index contributed by atoms with van der Waals surface area (Å²) < 4.78 is 0. The van der Waals surface area contributed by atoms with E-state index in [4.69, 9.17) is 11.5 Å². The molecule has 7 heavy (non-hydrogen) atoms. The van der Waals surface area contributed by atoms with E-state index in [2.05, 4.69) is 0 Å². The normalized spacial score (nSPS) is 4.29. The van der Waals surface area contributed by atoms with Gasteiger partial charge in [0, 0.05) is 13.1 Å².